The molecule has 1 saturated heterocycles. The lowest BCUT2D eigenvalue weighted by molar-refractivity contribution is -0.385. The van der Waals surface area contributed by atoms with Crippen molar-refractivity contribution in [3.05, 3.63) is 76.0 Å². The molecule has 1 aliphatic heterocycles. The third-order valence-electron chi connectivity index (χ3n) is 5.43. The quantitative estimate of drug-likeness (QED) is 0.432. The molecule has 0 unspecified atom stereocenters. The number of piperazine rings is 1. The zero-order chi connectivity index (χ0) is 23.6. The fraction of sp³-hybridized carbons (Fsp3) is 0.273. The standard InChI is InChI=1S/C22H24N6O4S/c1-16-8-9-19(15-20(16)28(29)30)33(31,32)27-12-10-26(11-13-27)22-23-17(2)14-21(25-22)24-18-6-4-3-5-7-18/h3-9,14-15H,10-13H2,1-2H3,(H,23,24,25). The predicted octanol–water partition coefficient (Wildman–Crippen LogP) is 3.26. The molecule has 0 radical (unpaired) electrons. The van der Waals surface area contributed by atoms with Crippen LogP contribution in [-0.2, 0) is 10.0 Å². The van der Waals surface area contributed by atoms with Crippen LogP contribution in [0, 0.1) is 24.0 Å². The maximum atomic E-state index is 13.1. The molecule has 10 nitrogen and oxygen atoms in total. The van der Waals surface area contributed by atoms with Crippen molar-refractivity contribution in [2.45, 2.75) is 18.7 Å². The lowest BCUT2D eigenvalue weighted by Gasteiger charge is -2.34. The molecule has 4 rings (SSSR count). The van der Waals surface area contributed by atoms with Crippen LogP contribution in [0.3, 0.4) is 0 Å². The summed E-state index contributed by atoms with van der Waals surface area (Å²) in [6.07, 6.45) is 0. The van der Waals surface area contributed by atoms with Gasteiger partial charge in [-0.25, -0.2) is 13.4 Å². The van der Waals surface area contributed by atoms with Crippen LogP contribution in [0.4, 0.5) is 23.1 Å². The van der Waals surface area contributed by atoms with Gasteiger partial charge < -0.3 is 10.2 Å². The molecule has 0 amide bonds. The van der Waals surface area contributed by atoms with Gasteiger partial charge in [-0.2, -0.15) is 9.29 Å². The Bertz CT molecular complexity index is 1280. The van der Waals surface area contributed by atoms with Crippen LogP contribution in [0.15, 0.2) is 59.5 Å². The van der Waals surface area contributed by atoms with Gasteiger partial charge in [-0.05, 0) is 32.0 Å². The lowest BCUT2D eigenvalue weighted by atomic mass is 10.2. The van der Waals surface area contributed by atoms with Crippen LogP contribution in [0.1, 0.15) is 11.3 Å². The lowest BCUT2D eigenvalue weighted by Crippen LogP contribution is -2.49. The third kappa shape index (κ3) is 4.94. The second-order valence-electron chi connectivity index (χ2n) is 7.78. The van der Waals surface area contributed by atoms with Crippen molar-refractivity contribution >= 4 is 33.2 Å². The second-order valence-corrected chi connectivity index (χ2v) is 9.72. The van der Waals surface area contributed by atoms with E-state index in [0.717, 1.165) is 17.4 Å². The number of nitrogens with zero attached hydrogens (tertiary/aromatic N) is 5. The highest BCUT2D eigenvalue weighted by molar-refractivity contribution is 7.89. The number of nitrogens with one attached hydrogen (secondary N) is 1. The Morgan fingerprint density at radius 3 is 2.33 bits per heavy atom. The van der Waals surface area contributed by atoms with Crippen LogP contribution in [0.25, 0.3) is 0 Å². The van der Waals surface area contributed by atoms with E-state index >= 15 is 0 Å². The summed E-state index contributed by atoms with van der Waals surface area (Å²) >= 11 is 0. The molecular weight excluding hydrogens is 444 g/mol. The van der Waals surface area contributed by atoms with Gasteiger partial charge in [0.05, 0.1) is 9.82 Å². The summed E-state index contributed by atoms with van der Waals surface area (Å²) in [4.78, 5) is 21.6. The molecule has 1 aliphatic rings. The molecule has 2 heterocycles. The van der Waals surface area contributed by atoms with E-state index in [0.29, 0.717) is 30.4 Å². The second kappa shape index (κ2) is 9.12. The Morgan fingerprint density at radius 1 is 0.970 bits per heavy atom. The molecule has 2 aromatic carbocycles. The van der Waals surface area contributed by atoms with Crippen LogP contribution in [-0.4, -0.2) is 53.8 Å². The largest absolute Gasteiger partial charge is 0.340 e. The first kappa shape index (κ1) is 22.6. The van der Waals surface area contributed by atoms with Crippen molar-refractivity contribution in [3.63, 3.8) is 0 Å². The molecule has 3 aromatic rings. The van der Waals surface area contributed by atoms with E-state index in [4.69, 9.17) is 0 Å². The van der Waals surface area contributed by atoms with Crippen molar-refractivity contribution < 1.29 is 13.3 Å². The number of sulfonamides is 1. The van der Waals surface area contributed by atoms with Crippen molar-refractivity contribution in [3.8, 4) is 0 Å². The minimum absolute atomic E-state index is 0.0746. The minimum atomic E-state index is -3.85. The van der Waals surface area contributed by atoms with Gasteiger partial charge in [0.25, 0.3) is 5.69 Å². The zero-order valence-electron chi connectivity index (χ0n) is 18.3. The van der Waals surface area contributed by atoms with Gasteiger partial charge in [-0.15, -0.1) is 0 Å². The molecular formula is C22H24N6O4S. The molecule has 0 spiro atoms. The maximum Gasteiger partial charge on any atom is 0.273 e. The van der Waals surface area contributed by atoms with E-state index in [2.05, 4.69) is 15.3 Å². The van der Waals surface area contributed by atoms with Crippen LogP contribution < -0.4 is 10.2 Å². The topological polar surface area (TPSA) is 122 Å². The summed E-state index contributed by atoms with van der Waals surface area (Å²) in [7, 11) is -3.85. The summed E-state index contributed by atoms with van der Waals surface area (Å²) in [5.74, 6) is 1.18. The highest BCUT2D eigenvalue weighted by Gasteiger charge is 2.31. The maximum absolute atomic E-state index is 13.1. The van der Waals surface area contributed by atoms with Crippen molar-refractivity contribution in [2.24, 2.45) is 0 Å². The van der Waals surface area contributed by atoms with Gasteiger partial charge in [0.2, 0.25) is 16.0 Å². The molecule has 1 fully saturated rings. The van der Waals surface area contributed by atoms with Crippen LogP contribution in [0.2, 0.25) is 0 Å². The van der Waals surface area contributed by atoms with Gasteiger partial charge in [0, 0.05) is 55.3 Å². The van der Waals surface area contributed by atoms with E-state index in [9.17, 15) is 18.5 Å². The normalized spacial score (nSPS) is 14.8. The minimum Gasteiger partial charge on any atom is -0.340 e. The Morgan fingerprint density at radius 2 is 1.67 bits per heavy atom. The average Bonchev–Trinajstić information content (AvgIpc) is 2.79. The van der Waals surface area contributed by atoms with Gasteiger partial charge in [0.15, 0.2) is 0 Å². The van der Waals surface area contributed by atoms with E-state index < -0.39 is 14.9 Å². The highest BCUT2D eigenvalue weighted by Crippen LogP contribution is 2.26. The monoisotopic (exact) mass is 468 g/mol. The Kier molecular flexibility index (Phi) is 6.25. The molecule has 0 aliphatic carbocycles. The van der Waals surface area contributed by atoms with Gasteiger partial charge >= 0.3 is 0 Å². The van der Waals surface area contributed by atoms with E-state index in [-0.39, 0.29) is 23.7 Å². The van der Waals surface area contributed by atoms with Gasteiger partial charge in [-0.3, -0.25) is 10.1 Å². The fourth-order valence-corrected chi connectivity index (χ4v) is 5.09. The average molecular weight is 469 g/mol. The number of nitro benzene ring substituents is 1. The zero-order valence-corrected chi connectivity index (χ0v) is 19.1. The number of benzene rings is 2. The number of rotatable bonds is 6. The number of para-hydroxylation sites is 1. The molecule has 0 atom stereocenters. The smallest absolute Gasteiger partial charge is 0.273 e. The van der Waals surface area contributed by atoms with E-state index in [1.165, 1.54) is 16.4 Å². The molecule has 33 heavy (non-hydrogen) atoms. The van der Waals surface area contributed by atoms with Crippen molar-refractivity contribution in [1.82, 2.24) is 14.3 Å². The molecule has 0 bridgehead atoms. The van der Waals surface area contributed by atoms with Crippen molar-refractivity contribution in [2.75, 3.05) is 36.4 Å². The number of aryl methyl sites for hydroxylation is 2. The summed E-state index contributed by atoms with van der Waals surface area (Å²) in [6.45, 7) is 4.72. The summed E-state index contributed by atoms with van der Waals surface area (Å²) in [5.41, 5.74) is 1.91. The van der Waals surface area contributed by atoms with Crippen LogP contribution >= 0.6 is 0 Å². The molecule has 1 aromatic heterocycles. The summed E-state index contributed by atoms with van der Waals surface area (Å²) in [6, 6.07) is 15.5. The predicted molar refractivity (Wildman–Crippen MR) is 125 cm³/mol. The fourth-order valence-electron chi connectivity index (χ4n) is 3.65. The molecule has 11 heteroatoms. The Balaban J connectivity index is 1.49. The SMILES string of the molecule is Cc1cc(Nc2ccccc2)nc(N2CCN(S(=O)(=O)c3ccc(C)c([N+](=O)[O-])c3)CC2)n1. The van der Waals surface area contributed by atoms with Crippen molar-refractivity contribution in [1.29, 1.82) is 0 Å². The number of nitro groups is 1. The Labute approximate surface area is 192 Å². The first-order valence-electron chi connectivity index (χ1n) is 10.4. The van der Waals surface area contributed by atoms with Gasteiger partial charge in [-0.1, -0.05) is 24.3 Å². The summed E-state index contributed by atoms with van der Waals surface area (Å²) in [5, 5.41) is 14.5. The molecule has 1 N–H and O–H groups in total. The Hall–Kier alpha value is -3.57. The molecule has 172 valence electrons. The molecule has 0 saturated carbocycles. The first-order chi connectivity index (χ1) is 15.7. The van der Waals surface area contributed by atoms with E-state index in [1.54, 1.807) is 6.92 Å². The number of aromatic nitrogens is 2. The third-order valence-corrected chi connectivity index (χ3v) is 7.32. The van der Waals surface area contributed by atoms with Crippen LogP contribution in [0.5, 0.6) is 0 Å². The first-order valence-corrected chi connectivity index (χ1v) is 11.9. The van der Waals surface area contributed by atoms with Gasteiger partial charge in [0.1, 0.15) is 5.82 Å². The van der Waals surface area contributed by atoms with E-state index in [1.807, 2.05) is 48.2 Å². The number of hydrogen-bond donors (Lipinski definition) is 1. The highest BCUT2D eigenvalue weighted by atomic mass is 32.2. The number of anilines is 3. The summed E-state index contributed by atoms with van der Waals surface area (Å²) < 4.78 is 27.5. The number of hydrogen-bond acceptors (Lipinski definition) is 8.